The molecule has 0 aliphatic heterocycles. The van der Waals surface area contributed by atoms with E-state index in [9.17, 15) is 5.11 Å². The van der Waals surface area contributed by atoms with Gasteiger partial charge in [-0.3, -0.25) is 0 Å². The molecule has 1 N–H and O–H groups in total. The zero-order chi connectivity index (χ0) is 14.8. The van der Waals surface area contributed by atoms with E-state index in [1.165, 1.54) is 0 Å². The normalized spacial score (nSPS) is 11.1. The molecule has 3 rings (SSSR count). The second-order valence-electron chi connectivity index (χ2n) is 5.13. The predicted molar refractivity (Wildman–Crippen MR) is 85.9 cm³/mol. The second kappa shape index (κ2) is 5.78. The minimum absolute atomic E-state index is 0.281. The van der Waals surface area contributed by atoms with Gasteiger partial charge in [-0.05, 0) is 36.2 Å². The lowest BCUT2D eigenvalue weighted by Gasteiger charge is -2.09. The lowest BCUT2D eigenvalue weighted by Crippen LogP contribution is -2.04. The number of rotatable bonds is 4. The van der Waals surface area contributed by atoms with Crippen LogP contribution in [0.2, 0.25) is 5.02 Å². The quantitative estimate of drug-likeness (QED) is 0.775. The molecule has 4 heteroatoms. The van der Waals surface area contributed by atoms with E-state index >= 15 is 0 Å². The van der Waals surface area contributed by atoms with Gasteiger partial charge >= 0.3 is 0 Å². The van der Waals surface area contributed by atoms with E-state index in [-0.39, 0.29) is 5.75 Å². The highest BCUT2D eigenvalue weighted by molar-refractivity contribution is 6.35. The zero-order valence-electron chi connectivity index (χ0n) is 11.9. The molecule has 0 atom stereocenters. The molecule has 3 nitrogen and oxygen atoms in total. The van der Waals surface area contributed by atoms with Gasteiger partial charge in [-0.2, -0.15) is 0 Å². The maximum Gasteiger partial charge on any atom is 0.115 e. The van der Waals surface area contributed by atoms with Gasteiger partial charge in [0.25, 0.3) is 0 Å². The molecule has 0 radical (unpaired) electrons. The molecule has 0 fully saturated rings. The molecule has 0 amide bonds. The number of hydrogen-bond donors (Lipinski definition) is 1. The summed E-state index contributed by atoms with van der Waals surface area (Å²) in [5.41, 5.74) is 2.96. The van der Waals surface area contributed by atoms with E-state index in [1.807, 2.05) is 30.3 Å². The van der Waals surface area contributed by atoms with Crippen molar-refractivity contribution >= 4 is 22.6 Å². The lowest BCUT2D eigenvalue weighted by molar-refractivity contribution is 0.474. The number of aromatic hydroxyl groups is 1. The van der Waals surface area contributed by atoms with Crippen LogP contribution in [-0.2, 0) is 13.0 Å². The zero-order valence-corrected chi connectivity index (χ0v) is 12.6. The monoisotopic (exact) mass is 300 g/mol. The Labute approximate surface area is 128 Å². The van der Waals surface area contributed by atoms with E-state index in [0.29, 0.717) is 6.42 Å². The van der Waals surface area contributed by atoms with Gasteiger partial charge in [0.1, 0.15) is 11.6 Å². The number of benzene rings is 2. The van der Waals surface area contributed by atoms with Crippen molar-refractivity contribution in [2.75, 3.05) is 0 Å². The van der Waals surface area contributed by atoms with Crippen LogP contribution >= 0.6 is 11.6 Å². The van der Waals surface area contributed by atoms with Gasteiger partial charge in [0.05, 0.1) is 16.1 Å². The number of hydrogen-bond acceptors (Lipinski definition) is 2. The first-order valence-electron chi connectivity index (χ1n) is 7.10. The molecule has 2 aromatic carbocycles. The number of para-hydroxylation sites is 1. The van der Waals surface area contributed by atoms with Gasteiger partial charge in [-0.1, -0.05) is 36.7 Å². The van der Waals surface area contributed by atoms with Crippen LogP contribution in [0.25, 0.3) is 11.0 Å². The van der Waals surface area contributed by atoms with E-state index in [0.717, 1.165) is 40.4 Å². The van der Waals surface area contributed by atoms with Crippen molar-refractivity contribution in [1.29, 1.82) is 0 Å². The molecule has 0 aliphatic carbocycles. The first-order valence-corrected chi connectivity index (χ1v) is 7.48. The van der Waals surface area contributed by atoms with Crippen LogP contribution in [0.4, 0.5) is 0 Å². The third-order valence-electron chi connectivity index (χ3n) is 3.52. The molecule has 3 aromatic rings. The lowest BCUT2D eigenvalue weighted by atomic mass is 10.1. The molecular formula is C17H17ClN2O. The summed E-state index contributed by atoms with van der Waals surface area (Å²) in [4.78, 5) is 4.71. The molecule has 0 spiro atoms. The molecule has 0 saturated heterocycles. The summed E-state index contributed by atoms with van der Waals surface area (Å²) in [6.45, 7) is 3.02. The highest BCUT2D eigenvalue weighted by Gasteiger charge is 2.13. The average molecular weight is 301 g/mol. The number of fused-ring (bicyclic) bond motifs is 1. The smallest absolute Gasteiger partial charge is 0.115 e. The first kappa shape index (κ1) is 14.0. The molecule has 0 bridgehead atoms. The van der Waals surface area contributed by atoms with Gasteiger partial charge in [0.2, 0.25) is 0 Å². The Morgan fingerprint density at radius 1 is 1.19 bits per heavy atom. The second-order valence-corrected chi connectivity index (χ2v) is 5.54. The van der Waals surface area contributed by atoms with Gasteiger partial charge < -0.3 is 9.67 Å². The van der Waals surface area contributed by atoms with Crippen molar-refractivity contribution < 1.29 is 5.11 Å². The maximum absolute atomic E-state index is 9.60. The number of phenols is 1. The van der Waals surface area contributed by atoms with E-state index in [1.54, 1.807) is 12.1 Å². The Morgan fingerprint density at radius 3 is 2.76 bits per heavy atom. The first-order chi connectivity index (χ1) is 10.2. The average Bonchev–Trinajstić information content (AvgIpc) is 2.78. The van der Waals surface area contributed by atoms with Gasteiger partial charge in [0.15, 0.2) is 0 Å². The molecule has 21 heavy (non-hydrogen) atoms. The van der Waals surface area contributed by atoms with Crippen LogP contribution in [0.1, 0.15) is 24.7 Å². The standard InChI is InChI=1S/C17H17ClN2O/c1-2-9-20-16(11-12-5-3-6-13(21)10-12)19-15-8-4-7-14(18)17(15)20/h3-8,10,21H,2,9,11H2,1H3. The number of imidazole rings is 1. The summed E-state index contributed by atoms with van der Waals surface area (Å²) < 4.78 is 2.18. The van der Waals surface area contributed by atoms with E-state index in [2.05, 4.69) is 11.5 Å². The summed E-state index contributed by atoms with van der Waals surface area (Å²) in [6.07, 6.45) is 1.70. The molecule has 0 aliphatic rings. The Morgan fingerprint density at radius 2 is 2.00 bits per heavy atom. The minimum Gasteiger partial charge on any atom is -0.508 e. The van der Waals surface area contributed by atoms with E-state index in [4.69, 9.17) is 16.6 Å². The summed E-state index contributed by atoms with van der Waals surface area (Å²) >= 11 is 6.34. The van der Waals surface area contributed by atoms with Crippen molar-refractivity contribution in [3.63, 3.8) is 0 Å². The Kier molecular flexibility index (Phi) is 3.84. The van der Waals surface area contributed by atoms with Crippen LogP contribution in [0.15, 0.2) is 42.5 Å². The Hall–Kier alpha value is -2.00. The largest absolute Gasteiger partial charge is 0.508 e. The Bertz CT molecular complexity index is 780. The third kappa shape index (κ3) is 2.74. The van der Waals surface area contributed by atoms with E-state index < -0.39 is 0 Å². The molecular weight excluding hydrogens is 284 g/mol. The highest BCUT2D eigenvalue weighted by Crippen LogP contribution is 2.26. The molecule has 1 aromatic heterocycles. The topological polar surface area (TPSA) is 38.0 Å². The van der Waals surface area contributed by atoms with Crippen molar-refractivity contribution in [3.05, 3.63) is 58.9 Å². The van der Waals surface area contributed by atoms with Crippen LogP contribution in [0.5, 0.6) is 5.75 Å². The fourth-order valence-electron chi connectivity index (χ4n) is 2.64. The van der Waals surface area contributed by atoms with Gasteiger partial charge in [-0.15, -0.1) is 0 Å². The highest BCUT2D eigenvalue weighted by atomic mass is 35.5. The van der Waals surface area contributed by atoms with Crippen molar-refractivity contribution in [2.45, 2.75) is 26.3 Å². The number of aromatic nitrogens is 2. The van der Waals surface area contributed by atoms with Crippen molar-refractivity contribution in [3.8, 4) is 5.75 Å². The summed E-state index contributed by atoms with van der Waals surface area (Å²) in [6, 6.07) is 13.1. The van der Waals surface area contributed by atoms with Crippen molar-refractivity contribution in [1.82, 2.24) is 9.55 Å². The fourth-order valence-corrected chi connectivity index (χ4v) is 2.91. The molecule has 108 valence electrons. The van der Waals surface area contributed by atoms with Crippen LogP contribution < -0.4 is 0 Å². The fraction of sp³-hybridized carbons (Fsp3) is 0.235. The number of nitrogens with zero attached hydrogens (tertiary/aromatic N) is 2. The molecule has 1 heterocycles. The maximum atomic E-state index is 9.60. The van der Waals surface area contributed by atoms with Crippen LogP contribution in [0.3, 0.4) is 0 Å². The SMILES string of the molecule is CCCn1c(Cc2cccc(O)c2)nc2cccc(Cl)c21. The third-order valence-corrected chi connectivity index (χ3v) is 3.82. The molecule has 0 unspecified atom stereocenters. The summed E-state index contributed by atoms with van der Waals surface area (Å²) in [5, 5.41) is 10.3. The molecule has 0 saturated carbocycles. The number of halogens is 1. The summed E-state index contributed by atoms with van der Waals surface area (Å²) in [7, 11) is 0. The number of phenolic OH excluding ortho intramolecular Hbond substituents is 1. The van der Waals surface area contributed by atoms with Crippen LogP contribution in [0, 0.1) is 0 Å². The van der Waals surface area contributed by atoms with Crippen LogP contribution in [-0.4, -0.2) is 14.7 Å². The predicted octanol–water partition coefficient (Wildman–Crippen LogP) is 4.40. The van der Waals surface area contributed by atoms with Gasteiger partial charge in [-0.25, -0.2) is 4.98 Å². The minimum atomic E-state index is 0.281. The summed E-state index contributed by atoms with van der Waals surface area (Å²) in [5.74, 6) is 1.26. The number of aryl methyl sites for hydroxylation is 1. The van der Waals surface area contributed by atoms with Gasteiger partial charge in [0, 0.05) is 13.0 Å². The Balaban J connectivity index is 2.09. The van der Waals surface area contributed by atoms with Crippen molar-refractivity contribution in [2.24, 2.45) is 0 Å².